The minimum atomic E-state index is -0.699. The molecule has 0 unspecified atom stereocenters. The third-order valence-electron chi connectivity index (χ3n) is 5.67. The topological polar surface area (TPSA) is 68.2 Å². The maximum Gasteiger partial charge on any atom is 0.311 e. The molecule has 3 rings (SSSR count). The molecule has 1 aromatic rings. The van der Waals surface area contributed by atoms with E-state index in [2.05, 4.69) is 17.5 Å². The summed E-state index contributed by atoms with van der Waals surface area (Å²) in [5, 5.41) is 9.85. The summed E-state index contributed by atoms with van der Waals surface area (Å²) in [6.45, 7) is 9.36. The first-order chi connectivity index (χ1) is 13.0. The van der Waals surface area contributed by atoms with Gasteiger partial charge in [0.1, 0.15) is 0 Å². The summed E-state index contributed by atoms with van der Waals surface area (Å²) in [5.74, 6) is 0.810. The second kappa shape index (κ2) is 8.31. The van der Waals surface area contributed by atoms with Crippen molar-refractivity contribution in [3.8, 4) is 11.5 Å². The van der Waals surface area contributed by atoms with Gasteiger partial charge in [0.05, 0.1) is 25.7 Å². The van der Waals surface area contributed by atoms with Crippen molar-refractivity contribution in [1.29, 1.82) is 0 Å². The first-order valence-corrected chi connectivity index (χ1v) is 9.51. The lowest BCUT2D eigenvalue weighted by atomic mass is 9.74. The Kier molecular flexibility index (Phi) is 6.07. The molecule has 2 atom stereocenters. The van der Waals surface area contributed by atoms with Crippen molar-refractivity contribution in [2.75, 3.05) is 40.0 Å². The highest BCUT2D eigenvalue weighted by Gasteiger charge is 2.53. The molecular weight excluding hydrogens is 346 g/mol. The number of carboxylic acids is 1. The van der Waals surface area contributed by atoms with E-state index in [0.29, 0.717) is 45.8 Å². The highest BCUT2D eigenvalue weighted by Crippen LogP contribution is 2.43. The number of hydrogen-bond acceptors (Lipinski definition) is 5. The Bertz CT molecular complexity index is 704. The zero-order valence-electron chi connectivity index (χ0n) is 16.2. The van der Waals surface area contributed by atoms with E-state index in [0.717, 1.165) is 29.2 Å². The van der Waals surface area contributed by atoms with Crippen molar-refractivity contribution in [3.05, 3.63) is 35.9 Å². The van der Waals surface area contributed by atoms with Gasteiger partial charge < -0.3 is 19.3 Å². The molecule has 0 aliphatic carbocycles. The Morgan fingerprint density at radius 2 is 2.33 bits per heavy atom. The molecule has 1 N–H and O–H groups in total. The number of hydrogen-bond donors (Lipinski definition) is 1. The first kappa shape index (κ1) is 19.7. The molecule has 0 radical (unpaired) electrons. The fourth-order valence-corrected chi connectivity index (χ4v) is 4.40. The van der Waals surface area contributed by atoms with Crippen LogP contribution in [0.25, 0.3) is 0 Å². The van der Waals surface area contributed by atoms with Crippen LogP contribution in [0.5, 0.6) is 11.5 Å². The van der Waals surface area contributed by atoms with Crippen LogP contribution in [0.3, 0.4) is 0 Å². The lowest BCUT2D eigenvalue weighted by molar-refractivity contribution is -0.157. The quantitative estimate of drug-likeness (QED) is 0.705. The Labute approximate surface area is 160 Å². The van der Waals surface area contributed by atoms with Gasteiger partial charge in [0.15, 0.2) is 11.5 Å². The number of fused-ring (bicyclic) bond motifs is 1. The number of carboxylic acid groups (broad SMARTS) is 1. The molecule has 0 bridgehead atoms. The highest BCUT2D eigenvalue weighted by molar-refractivity contribution is 5.76. The summed E-state index contributed by atoms with van der Waals surface area (Å²) >= 11 is 0. The van der Waals surface area contributed by atoms with Gasteiger partial charge >= 0.3 is 5.97 Å². The van der Waals surface area contributed by atoms with Gasteiger partial charge in [-0.05, 0) is 31.4 Å². The van der Waals surface area contributed by atoms with Gasteiger partial charge in [0.25, 0.3) is 0 Å². The van der Waals surface area contributed by atoms with E-state index >= 15 is 0 Å². The van der Waals surface area contributed by atoms with E-state index in [1.165, 1.54) is 0 Å². The van der Waals surface area contributed by atoms with E-state index in [1.54, 1.807) is 7.11 Å². The monoisotopic (exact) mass is 375 g/mol. The number of rotatable bonds is 8. The summed E-state index contributed by atoms with van der Waals surface area (Å²) in [6, 6.07) is 4.11. The van der Waals surface area contributed by atoms with Gasteiger partial charge in [-0.2, -0.15) is 0 Å². The fourth-order valence-electron chi connectivity index (χ4n) is 4.40. The Morgan fingerprint density at radius 3 is 2.96 bits per heavy atom. The fraction of sp³-hybridized carbons (Fsp3) is 0.571. The second-order valence-electron chi connectivity index (χ2n) is 7.36. The third kappa shape index (κ3) is 3.82. The van der Waals surface area contributed by atoms with Gasteiger partial charge in [-0.3, -0.25) is 9.69 Å². The molecule has 2 aliphatic rings. The van der Waals surface area contributed by atoms with Crippen LogP contribution < -0.4 is 9.47 Å². The minimum absolute atomic E-state index is 0.0426. The van der Waals surface area contributed by atoms with Crippen molar-refractivity contribution >= 4 is 5.97 Å². The molecule has 2 aliphatic heterocycles. The van der Waals surface area contributed by atoms with Crippen molar-refractivity contribution in [1.82, 2.24) is 4.90 Å². The standard InChI is InChI=1S/C21H29NO5/c1-4-6-16-9-15(10-18(27-5-2)19(16)25-3)11-22-12-17-13-26-8-7-21(17,14-22)20(23)24/h4,9-10,17H,1,5-8,11-14H2,2-3H3,(H,23,24)/t17-,21+/m1/s1. The maximum atomic E-state index is 12.0. The lowest BCUT2D eigenvalue weighted by Crippen LogP contribution is -2.44. The number of allylic oxidation sites excluding steroid dienone is 1. The van der Waals surface area contributed by atoms with Gasteiger partial charge in [-0.15, -0.1) is 6.58 Å². The molecule has 0 amide bonds. The summed E-state index contributed by atoms with van der Waals surface area (Å²) in [4.78, 5) is 14.2. The normalized spacial score (nSPS) is 25.0. The molecule has 0 saturated carbocycles. The zero-order valence-corrected chi connectivity index (χ0v) is 16.2. The summed E-state index contributed by atoms with van der Waals surface area (Å²) in [7, 11) is 1.64. The van der Waals surface area contributed by atoms with Crippen LogP contribution in [0.2, 0.25) is 0 Å². The number of aliphatic carboxylic acids is 1. The second-order valence-corrected chi connectivity index (χ2v) is 7.36. The Balaban J connectivity index is 1.85. The molecule has 2 fully saturated rings. The number of nitrogens with zero attached hydrogens (tertiary/aromatic N) is 1. The van der Waals surface area contributed by atoms with Crippen molar-refractivity contribution < 1.29 is 24.1 Å². The number of benzene rings is 1. The molecular formula is C21H29NO5. The molecule has 0 spiro atoms. The molecule has 27 heavy (non-hydrogen) atoms. The van der Waals surface area contributed by atoms with Gasteiger partial charge in [-0.25, -0.2) is 0 Å². The minimum Gasteiger partial charge on any atom is -0.493 e. The maximum absolute atomic E-state index is 12.0. The third-order valence-corrected chi connectivity index (χ3v) is 5.67. The van der Waals surface area contributed by atoms with Crippen LogP contribution in [0.15, 0.2) is 24.8 Å². The Hall–Kier alpha value is -2.05. The number of carbonyl (C=O) groups is 1. The molecule has 2 saturated heterocycles. The average molecular weight is 375 g/mol. The molecule has 6 nitrogen and oxygen atoms in total. The van der Waals surface area contributed by atoms with E-state index < -0.39 is 11.4 Å². The van der Waals surface area contributed by atoms with E-state index in [-0.39, 0.29) is 5.92 Å². The van der Waals surface area contributed by atoms with Crippen LogP contribution in [-0.2, 0) is 22.5 Å². The van der Waals surface area contributed by atoms with Crippen LogP contribution >= 0.6 is 0 Å². The Morgan fingerprint density at radius 1 is 1.52 bits per heavy atom. The van der Waals surface area contributed by atoms with Crippen molar-refractivity contribution in [2.45, 2.75) is 26.3 Å². The van der Waals surface area contributed by atoms with E-state index in [9.17, 15) is 9.90 Å². The van der Waals surface area contributed by atoms with Crippen LogP contribution in [-0.4, -0.2) is 56.0 Å². The zero-order chi connectivity index (χ0) is 19.4. The van der Waals surface area contributed by atoms with Crippen LogP contribution in [0.4, 0.5) is 0 Å². The van der Waals surface area contributed by atoms with Gasteiger partial charge in [0, 0.05) is 37.7 Å². The smallest absolute Gasteiger partial charge is 0.311 e. The van der Waals surface area contributed by atoms with Crippen molar-refractivity contribution in [3.63, 3.8) is 0 Å². The predicted octanol–water partition coefficient (Wildman–Crippen LogP) is 2.75. The first-order valence-electron chi connectivity index (χ1n) is 9.51. The molecule has 1 aromatic carbocycles. The lowest BCUT2D eigenvalue weighted by Gasteiger charge is -2.34. The predicted molar refractivity (Wildman–Crippen MR) is 102 cm³/mol. The van der Waals surface area contributed by atoms with E-state index in [1.807, 2.05) is 19.1 Å². The largest absolute Gasteiger partial charge is 0.493 e. The van der Waals surface area contributed by atoms with Gasteiger partial charge in [-0.1, -0.05) is 12.1 Å². The molecule has 148 valence electrons. The summed E-state index contributed by atoms with van der Waals surface area (Å²) < 4.78 is 16.9. The highest BCUT2D eigenvalue weighted by atomic mass is 16.5. The molecule has 6 heteroatoms. The van der Waals surface area contributed by atoms with Crippen LogP contribution in [0, 0.1) is 11.3 Å². The van der Waals surface area contributed by atoms with Gasteiger partial charge in [0.2, 0.25) is 0 Å². The summed E-state index contributed by atoms with van der Waals surface area (Å²) in [6.07, 6.45) is 3.11. The van der Waals surface area contributed by atoms with E-state index in [4.69, 9.17) is 14.2 Å². The molecule has 2 heterocycles. The van der Waals surface area contributed by atoms with Crippen molar-refractivity contribution in [2.24, 2.45) is 11.3 Å². The average Bonchev–Trinajstić information content (AvgIpc) is 3.01. The number of likely N-dealkylation sites (tertiary alicyclic amines) is 1. The van der Waals surface area contributed by atoms with Crippen LogP contribution in [0.1, 0.15) is 24.5 Å². The number of ether oxygens (including phenoxy) is 3. The molecule has 0 aromatic heterocycles. The number of methoxy groups -OCH3 is 1. The summed E-state index contributed by atoms with van der Waals surface area (Å²) in [5.41, 5.74) is 1.44. The SMILES string of the molecule is C=CCc1cc(CN2C[C@@H]3COCC[C@]3(C(=O)O)C2)cc(OCC)c1OC.